The highest BCUT2D eigenvalue weighted by Crippen LogP contribution is 2.29. The second-order valence-corrected chi connectivity index (χ2v) is 6.34. The number of carbonyl (C=O) groups excluding carboxylic acids is 1. The van der Waals surface area contributed by atoms with E-state index >= 15 is 0 Å². The van der Waals surface area contributed by atoms with Crippen LogP contribution in [0.25, 0.3) is 0 Å². The van der Waals surface area contributed by atoms with Crippen LogP contribution in [0.15, 0.2) is 22.7 Å². The Kier molecular flexibility index (Phi) is 4.87. The van der Waals surface area contributed by atoms with Gasteiger partial charge in [-0.05, 0) is 47.0 Å². The lowest BCUT2D eigenvalue weighted by Crippen LogP contribution is -2.52. The molecule has 1 amide bonds. The zero-order valence-corrected chi connectivity index (χ0v) is 12.9. The lowest BCUT2D eigenvalue weighted by atomic mass is 9.82. The van der Waals surface area contributed by atoms with Gasteiger partial charge in [-0.3, -0.25) is 4.79 Å². The van der Waals surface area contributed by atoms with Crippen molar-refractivity contribution >= 4 is 33.4 Å². The monoisotopic (exact) mass is 345 g/mol. The molecular formula is C14H17BrClNO2. The minimum atomic E-state index is -0.457. The van der Waals surface area contributed by atoms with Crippen molar-refractivity contribution in [1.82, 2.24) is 5.32 Å². The van der Waals surface area contributed by atoms with Crippen molar-refractivity contribution in [2.75, 3.05) is 6.61 Å². The summed E-state index contributed by atoms with van der Waals surface area (Å²) in [7, 11) is 0. The van der Waals surface area contributed by atoms with Gasteiger partial charge in [0.25, 0.3) is 5.91 Å². The summed E-state index contributed by atoms with van der Waals surface area (Å²) in [6.45, 7) is -0.00645. The minimum Gasteiger partial charge on any atom is -0.394 e. The molecule has 2 rings (SSSR count). The third-order valence-corrected chi connectivity index (χ3v) is 4.89. The third-order valence-electron chi connectivity index (χ3n) is 3.67. The van der Waals surface area contributed by atoms with E-state index in [-0.39, 0.29) is 12.5 Å². The minimum absolute atomic E-state index is 0.00645. The summed E-state index contributed by atoms with van der Waals surface area (Å²) < 4.78 is 0.698. The Labute approximate surface area is 126 Å². The Morgan fingerprint density at radius 3 is 2.63 bits per heavy atom. The summed E-state index contributed by atoms with van der Waals surface area (Å²) in [5.74, 6) is -0.159. The molecule has 0 spiro atoms. The molecule has 1 aromatic rings. The third kappa shape index (κ3) is 3.50. The smallest absolute Gasteiger partial charge is 0.251 e. The van der Waals surface area contributed by atoms with Crippen LogP contribution in [0.5, 0.6) is 0 Å². The number of amides is 1. The van der Waals surface area contributed by atoms with Gasteiger partial charge in [0, 0.05) is 10.0 Å². The Balaban J connectivity index is 2.12. The van der Waals surface area contributed by atoms with Crippen molar-refractivity contribution in [3.63, 3.8) is 0 Å². The Morgan fingerprint density at radius 2 is 2.05 bits per heavy atom. The van der Waals surface area contributed by atoms with Crippen LogP contribution in [-0.2, 0) is 0 Å². The zero-order valence-electron chi connectivity index (χ0n) is 10.6. The van der Waals surface area contributed by atoms with E-state index < -0.39 is 5.54 Å². The fraction of sp³-hybridized carbons (Fsp3) is 0.500. The van der Waals surface area contributed by atoms with Crippen molar-refractivity contribution in [3.05, 3.63) is 33.3 Å². The van der Waals surface area contributed by atoms with E-state index in [1.165, 1.54) is 6.42 Å². The quantitative estimate of drug-likeness (QED) is 0.879. The van der Waals surface area contributed by atoms with Crippen molar-refractivity contribution in [2.45, 2.75) is 37.6 Å². The van der Waals surface area contributed by atoms with Crippen molar-refractivity contribution in [3.8, 4) is 0 Å². The van der Waals surface area contributed by atoms with E-state index in [1.54, 1.807) is 18.2 Å². The summed E-state index contributed by atoms with van der Waals surface area (Å²) in [5.41, 5.74) is 0.0937. The first kappa shape index (κ1) is 14.8. The molecule has 0 heterocycles. The number of aliphatic hydroxyl groups is 1. The second-order valence-electron chi connectivity index (χ2n) is 5.08. The maximum absolute atomic E-state index is 12.3. The van der Waals surface area contributed by atoms with Gasteiger partial charge in [-0.2, -0.15) is 0 Å². The van der Waals surface area contributed by atoms with Crippen LogP contribution in [-0.4, -0.2) is 23.2 Å². The van der Waals surface area contributed by atoms with Crippen LogP contribution in [0.1, 0.15) is 42.5 Å². The SMILES string of the molecule is O=C(NC1(CO)CCCCC1)c1ccc(Cl)c(Br)c1. The van der Waals surface area contributed by atoms with Crippen LogP contribution < -0.4 is 5.32 Å². The van der Waals surface area contributed by atoms with Crippen molar-refractivity contribution < 1.29 is 9.90 Å². The second kappa shape index (κ2) is 6.25. The number of hydrogen-bond donors (Lipinski definition) is 2. The predicted octanol–water partition coefficient (Wildman–Crippen LogP) is 3.53. The molecule has 2 N–H and O–H groups in total. The summed E-state index contributed by atoms with van der Waals surface area (Å²) >= 11 is 9.22. The Hall–Kier alpha value is -0.580. The normalized spacial score (nSPS) is 18.1. The molecule has 0 aromatic heterocycles. The first-order valence-electron chi connectivity index (χ1n) is 6.45. The first-order valence-corrected chi connectivity index (χ1v) is 7.62. The number of nitrogens with one attached hydrogen (secondary N) is 1. The lowest BCUT2D eigenvalue weighted by molar-refractivity contribution is 0.0758. The maximum Gasteiger partial charge on any atom is 0.251 e. The van der Waals surface area contributed by atoms with E-state index in [2.05, 4.69) is 21.2 Å². The highest BCUT2D eigenvalue weighted by Gasteiger charge is 2.33. The highest BCUT2D eigenvalue weighted by molar-refractivity contribution is 9.10. The molecule has 1 aliphatic carbocycles. The van der Waals surface area contributed by atoms with Gasteiger partial charge in [0.2, 0.25) is 0 Å². The molecule has 1 saturated carbocycles. The molecule has 0 radical (unpaired) electrons. The number of aliphatic hydroxyl groups excluding tert-OH is 1. The van der Waals surface area contributed by atoms with Gasteiger partial charge in [-0.15, -0.1) is 0 Å². The molecule has 0 unspecified atom stereocenters. The molecule has 0 aliphatic heterocycles. The van der Waals surface area contributed by atoms with Crippen molar-refractivity contribution in [1.29, 1.82) is 0 Å². The molecule has 104 valence electrons. The molecule has 1 fully saturated rings. The van der Waals surface area contributed by atoms with Gasteiger partial charge >= 0.3 is 0 Å². The predicted molar refractivity (Wildman–Crippen MR) is 79.5 cm³/mol. The first-order chi connectivity index (χ1) is 9.06. The topological polar surface area (TPSA) is 49.3 Å². The maximum atomic E-state index is 12.3. The summed E-state index contributed by atoms with van der Waals surface area (Å²) in [5, 5.41) is 13.2. The molecule has 5 heteroatoms. The standard InChI is InChI=1S/C14H17BrClNO2/c15-11-8-10(4-5-12(11)16)13(19)17-14(9-18)6-2-1-3-7-14/h4-5,8,18H,1-3,6-7,9H2,(H,17,19). The number of carbonyl (C=O) groups is 1. The van der Waals surface area contributed by atoms with E-state index in [0.717, 1.165) is 25.7 Å². The van der Waals surface area contributed by atoms with Gasteiger partial charge < -0.3 is 10.4 Å². The fourth-order valence-corrected chi connectivity index (χ4v) is 3.00. The van der Waals surface area contributed by atoms with Gasteiger partial charge in [-0.25, -0.2) is 0 Å². The van der Waals surface area contributed by atoms with E-state index in [0.29, 0.717) is 15.1 Å². The summed E-state index contributed by atoms with van der Waals surface area (Å²) in [6.07, 6.45) is 4.94. The van der Waals surface area contributed by atoms with Gasteiger partial charge in [0.15, 0.2) is 0 Å². The van der Waals surface area contributed by atoms with E-state index in [1.807, 2.05) is 0 Å². The van der Waals surface area contributed by atoms with Crippen LogP contribution in [0.4, 0.5) is 0 Å². The van der Waals surface area contributed by atoms with Crippen LogP contribution in [0.2, 0.25) is 5.02 Å². The van der Waals surface area contributed by atoms with E-state index in [9.17, 15) is 9.90 Å². The molecule has 1 aromatic carbocycles. The molecule has 0 atom stereocenters. The molecule has 0 bridgehead atoms. The fourth-order valence-electron chi connectivity index (χ4n) is 2.50. The Morgan fingerprint density at radius 1 is 1.37 bits per heavy atom. The largest absolute Gasteiger partial charge is 0.394 e. The summed E-state index contributed by atoms with van der Waals surface area (Å²) in [4.78, 5) is 12.3. The molecule has 19 heavy (non-hydrogen) atoms. The number of hydrogen-bond acceptors (Lipinski definition) is 2. The lowest BCUT2D eigenvalue weighted by Gasteiger charge is -2.36. The van der Waals surface area contributed by atoms with E-state index in [4.69, 9.17) is 11.6 Å². The number of rotatable bonds is 3. The molecule has 3 nitrogen and oxygen atoms in total. The number of halogens is 2. The zero-order chi connectivity index (χ0) is 13.9. The van der Waals surface area contributed by atoms with Gasteiger partial charge in [0.1, 0.15) is 0 Å². The van der Waals surface area contributed by atoms with Crippen molar-refractivity contribution in [2.24, 2.45) is 0 Å². The van der Waals surface area contributed by atoms with Crippen LogP contribution in [0, 0.1) is 0 Å². The van der Waals surface area contributed by atoms with Gasteiger partial charge in [0.05, 0.1) is 17.2 Å². The molecule has 1 aliphatic rings. The average molecular weight is 347 g/mol. The molecule has 0 saturated heterocycles. The van der Waals surface area contributed by atoms with Crippen LogP contribution >= 0.6 is 27.5 Å². The average Bonchev–Trinajstić information content (AvgIpc) is 2.43. The highest BCUT2D eigenvalue weighted by atomic mass is 79.9. The summed E-state index contributed by atoms with van der Waals surface area (Å²) in [6, 6.07) is 5.08. The molecular weight excluding hydrogens is 330 g/mol. The Bertz CT molecular complexity index is 473. The van der Waals surface area contributed by atoms with Crippen LogP contribution in [0.3, 0.4) is 0 Å². The van der Waals surface area contributed by atoms with Gasteiger partial charge in [-0.1, -0.05) is 30.9 Å². The number of benzene rings is 1.